The molecule has 0 fully saturated rings. The highest BCUT2D eigenvalue weighted by Crippen LogP contribution is 2.22. The molecule has 0 aliphatic rings. The smallest absolute Gasteiger partial charge is 0.331 e. The second-order valence-corrected chi connectivity index (χ2v) is 6.80. The van der Waals surface area contributed by atoms with Gasteiger partial charge in [0, 0.05) is 16.7 Å². The maximum Gasteiger partial charge on any atom is 0.331 e. The fourth-order valence-corrected chi connectivity index (χ4v) is 2.98. The summed E-state index contributed by atoms with van der Waals surface area (Å²) >= 11 is 12.3. The Morgan fingerprint density at radius 3 is 2.48 bits per heavy atom. The molecule has 4 nitrogen and oxygen atoms in total. The summed E-state index contributed by atoms with van der Waals surface area (Å²) in [6.07, 6.45) is 3.00. The molecule has 0 spiro atoms. The summed E-state index contributed by atoms with van der Waals surface area (Å²) in [5.74, 6) is -0.448. The third kappa shape index (κ3) is 5.22. The van der Waals surface area contributed by atoms with Crippen LogP contribution in [0.3, 0.4) is 0 Å². The predicted molar refractivity (Wildman–Crippen MR) is 108 cm³/mol. The molecular formula is C21H18Cl2N2O2. The molecule has 0 amide bonds. The van der Waals surface area contributed by atoms with Crippen molar-refractivity contribution in [2.24, 2.45) is 0 Å². The van der Waals surface area contributed by atoms with E-state index in [-0.39, 0.29) is 6.61 Å². The molecule has 0 radical (unpaired) electrons. The molecule has 0 aliphatic heterocycles. The minimum absolute atomic E-state index is 0.181. The molecule has 0 N–H and O–H groups in total. The second kappa shape index (κ2) is 8.89. The lowest BCUT2D eigenvalue weighted by Gasteiger charge is -2.03. The van der Waals surface area contributed by atoms with Crippen LogP contribution in [-0.2, 0) is 22.7 Å². The minimum atomic E-state index is -0.448. The Labute approximate surface area is 168 Å². The van der Waals surface area contributed by atoms with Crippen molar-refractivity contribution in [1.82, 2.24) is 9.78 Å². The van der Waals surface area contributed by atoms with Crippen LogP contribution in [0.5, 0.6) is 0 Å². The average Bonchev–Trinajstić information content (AvgIpc) is 2.93. The van der Waals surface area contributed by atoms with Crippen molar-refractivity contribution in [1.29, 1.82) is 0 Å². The van der Waals surface area contributed by atoms with Crippen molar-refractivity contribution in [3.05, 3.63) is 93.2 Å². The Morgan fingerprint density at radius 2 is 1.78 bits per heavy atom. The number of aromatic nitrogens is 2. The number of carbonyl (C=O) groups excluding carboxylic acids is 1. The van der Waals surface area contributed by atoms with Gasteiger partial charge >= 0.3 is 5.97 Å². The fraction of sp³-hybridized carbons (Fsp3) is 0.143. The molecule has 138 valence electrons. The molecule has 0 unspecified atom stereocenters. The molecule has 3 rings (SSSR count). The lowest BCUT2D eigenvalue weighted by molar-refractivity contribution is -0.138. The lowest BCUT2D eigenvalue weighted by atomic mass is 10.2. The van der Waals surface area contributed by atoms with E-state index in [0.29, 0.717) is 22.3 Å². The maximum atomic E-state index is 12.0. The number of aryl methyl sites for hydroxylation is 1. The van der Waals surface area contributed by atoms with Gasteiger partial charge in [0.2, 0.25) is 0 Å². The number of hydrogen-bond acceptors (Lipinski definition) is 3. The summed E-state index contributed by atoms with van der Waals surface area (Å²) < 4.78 is 6.95. The van der Waals surface area contributed by atoms with Crippen molar-refractivity contribution in [3.8, 4) is 0 Å². The Balaban J connectivity index is 1.64. The molecule has 0 saturated heterocycles. The molecule has 27 heavy (non-hydrogen) atoms. The summed E-state index contributed by atoms with van der Waals surface area (Å²) in [7, 11) is 0. The molecule has 0 aliphatic carbocycles. The normalized spacial score (nSPS) is 11.1. The number of benzene rings is 2. The average molecular weight is 401 g/mol. The Morgan fingerprint density at radius 1 is 1.07 bits per heavy atom. The molecule has 1 aromatic heterocycles. The molecule has 1 heterocycles. The summed E-state index contributed by atoms with van der Waals surface area (Å²) in [6.45, 7) is 2.60. The molecule has 6 heteroatoms. The minimum Gasteiger partial charge on any atom is -0.458 e. The van der Waals surface area contributed by atoms with Crippen LogP contribution in [0.25, 0.3) is 6.08 Å². The number of esters is 1. The van der Waals surface area contributed by atoms with Crippen LogP contribution in [0.4, 0.5) is 0 Å². The first-order valence-electron chi connectivity index (χ1n) is 8.39. The van der Waals surface area contributed by atoms with Crippen LogP contribution >= 0.6 is 23.2 Å². The van der Waals surface area contributed by atoms with Gasteiger partial charge in [-0.15, -0.1) is 0 Å². The van der Waals surface area contributed by atoms with Gasteiger partial charge < -0.3 is 4.74 Å². The van der Waals surface area contributed by atoms with E-state index in [1.54, 1.807) is 22.9 Å². The number of rotatable bonds is 6. The van der Waals surface area contributed by atoms with E-state index in [4.69, 9.17) is 27.9 Å². The highest BCUT2D eigenvalue weighted by Gasteiger charge is 2.12. The van der Waals surface area contributed by atoms with E-state index < -0.39 is 5.97 Å². The SMILES string of the molecule is Cc1nn(Cc2ccccc2)c(Cl)c1/C=C/C(=O)OCc1ccc(Cl)cc1. The van der Waals surface area contributed by atoms with Gasteiger partial charge in [0.25, 0.3) is 0 Å². The standard InChI is InChI=1S/C21H18Cl2N2O2/c1-15-19(21(23)25(24-15)13-16-5-3-2-4-6-16)11-12-20(26)27-14-17-7-9-18(22)10-8-17/h2-12H,13-14H2,1H3/b12-11+. The van der Waals surface area contributed by atoms with Gasteiger partial charge in [0.1, 0.15) is 11.8 Å². The first-order chi connectivity index (χ1) is 13.0. The van der Waals surface area contributed by atoms with E-state index in [1.807, 2.05) is 49.4 Å². The third-order valence-corrected chi connectivity index (χ3v) is 4.62. The molecule has 0 saturated carbocycles. The van der Waals surface area contributed by atoms with Gasteiger partial charge in [-0.3, -0.25) is 0 Å². The van der Waals surface area contributed by atoms with Gasteiger partial charge in [0.05, 0.1) is 12.2 Å². The van der Waals surface area contributed by atoms with Crippen LogP contribution in [0, 0.1) is 6.92 Å². The van der Waals surface area contributed by atoms with Gasteiger partial charge in [0.15, 0.2) is 0 Å². The van der Waals surface area contributed by atoms with Crippen LogP contribution in [-0.4, -0.2) is 15.7 Å². The Bertz CT molecular complexity index is 948. The summed E-state index contributed by atoms with van der Waals surface area (Å²) in [4.78, 5) is 12.0. The highest BCUT2D eigenvalue weighted by atomic mass is 35.5. The van der Waals surface area contributed by atoms with E-state index >= 15 is 0 Å². The first-order valence-corrected chi connectivity index (χ1v) is 9.14. The second-order valence-electron chi connectivity index (χ2n) is 6.00. The zero-order valence-electron chi connectivity index (χ0n) is 14.7. The van der Waals surface area contributed by atoms with Crippen LogP contribution < -0.4 is 0 Å². The molecule has 0 bridgehead atoms. The quantitative estimate of drug-likeness (QED) is 0.416. The van der Waals surface area contributed by atoms with Crippen LogP contribution in [0.15, 0.2) is 60.7 Å². The van der Waals surface area contributed by atoms with Crippen molar-refractivity contribution in [2.45, 2.75) is 20.1 Å². The Kier molecular flexibility index (Phi) is 6.32. The monoisotopic (exact) mass is 400 g/mol. The summed E-state index contributed by atoms with van der Waals surface area (Å²) in [6, 6.07) is 17.1. The molecule has 2 aromatic carbocycles. The van der Waals surface area contributed by atoms with Crippen molar-refractivity contribution in [3.63, 3.8) is 0 Å². The third-order valence-electron chi connectivity index (χ3n) is 3.96. The van der Waals surface area contributed by atoms with Gasteiger partial charge in [-0.2, -0.15) is 5.10 Å². The summed E-state index contributed by atoms with van der Waals surface area (Å²) in [5.41, 5.74) is 3.42. The van der Waals surface area contributed by atoms with E-state index in [1.165, 1.54) is 6.08 Å². The molecular weight excluding hydrogens is 383 g/mol. The number of ether oxygens (including phenoxy) is 1. The lowest BCUT2D eigenvalue weighted by Crippen LogP contribution is -2.02. The number of carbonyl (C=O) groups is 1. The fourth-order valence-electron chi connectivity index (χ4n) is 2.55. The largest absolute Gasteiger partial charge is 0.458 e. The van der Waals surface area contributed by atoms with E-state index in [0.717, 1.165) is 16.8 Å². The van der Waals surface area contributed by atoms with E-state index in [2.05, 4.69) is 5.10 Å². The van der Waals surface area contributed by atoms with Crippen LogP contribution in [0.1, 0.15) is 22.4 Å². The number of halogens is 2. The van der Waals surface area contributed by atoms with E-state index in [9.17, 15) is 4.79 Å². The summed E-state index contributed by atoms with van der Waals surface area (Å²) in [5, 5.41) is 5.58. The van der Waals surface area contributed by atoms with Crippen molar-refractivity contribution in [2.75, 3.05) is 0 Å². The Hall–Kier alpha value is -2.56. The zero-order valence-corrected chi connectivity index (χ0v) is 16.2. The van der Waals surface area contributed by atoms with Crippen molar-refractivity contribution >= 4 is 35.2 Å². The number of hydrogen-bond donors (Lipinski definition) is 0. The van der Waals surface area contributed by atoms with Crippen molar-refractivity contribution < 1.29 is 9.53 Å². The van der Waals surface area contributed by atoms with Gasteiger partial charge in [-0.05, 0) is 36.3 Å². The predicted octanol–water partition coefficient (Wildman–Crippen LogP) is 5.30. The number of nitrogens with zero attached hydrogens (tertiary/aromatic N) is 2. The zero-order chi connectivity index (χ0) is 19.2. The van der Waals surface area contributed by atoms with Gasteiger partial charge in [-0.1, -0.05) is 65.7 Å². The first kappa shape index (κ1) is 19.2. The molecule has 3 aromatic rings. The topological polar surface area (TPSA) is 44.1 Å². The highest BCUT2D eigenvalue weighted by molar-refractivity contribution is 6.31. The van der Waals surface area contributed by atoms with Crippen LogP contribution in [0.2, 0.25) is 10.2 Å². The van der Waals surface area contributed by atoms with Gasteiger partial charge in [-0.25, -0.2) is 9.48 Å². The molecule has 0 atom stereocenters. The maximum absolute atomic E-state index is 12.0.